The van der Waals surface area contributed by atoms with Crippen LogP contribution in [0.15, 0.2) is 25.3 Å². The smallest absolute Gasteiger partial charge is 0.00773 e. The summed E-state index contributed by atoms with van der Waals surface area (Å²) in [6, 6.07) is 0. The van der Waals surface area contributed by atoms with E-state index < -0.39 is 0 Å². The molecule has 0 fully saturated rings. The summed E-state index contributed by atoms with van der Waals surface area (Å²) in [5.41, 5.74) is 5.42. The van der Waals surface area contributed by atoms with Crippen LogP contribution in [0.5, 0.6) is 0 Å². The molecule has 0 amide bonds. The van der Waals surface area contributed by atoms with Crippen molar-refractivity contribution in [3.63, 3.8) is 0 Å². The first kappa shape index (κ1) is 21.7. The highest BCUT2D eigenvalue weighted by Crippen LogP contribution is 2.09. The van der Waals surface area contributed by atoms with Crippen molar-refractivity contribution in [2.24, 2.45) is 5.73 Å². The third kappa shape index (κ3) is 26.1. The van der Waals surface area contributed by atoms with Gasteiger partial charge in [0, 0.05) is 0 Å². The number of nitrogens with two attached hydrogens (primary N) is 1. The minimum absolute atomic E-state index is 0.872. The Kier molecular flexibility index (Phi) is 25.6. The molecule has 0 atom stereocenters. The summed E-state index contributed by atoms with van der Waals surface area (Å²) >= 11 is 0. The molecule has 2 N–H and O–H groups in total. The third-order valence-corrected chi connectivity index (χ3v) is 3.37. The molecule has 1 nitrogen and oxygen atoms in total. The Morgan fingerprint density at radius 3 is 1.40 bits per heavy atom. The van der Waals surface area contributed by atoms with Gasteiger partial charge in [-0.05, 0) is 32.2 Å². The normalized spacial score (nSPS) is 9.70. The van der Waals surface area contributed by atoms with Gasteiger partial charge in [0.15, 0.2) is 0 Å². The van der Waals surface area contributed by atoms with E-state index in [0.29, 0.717) is 0 Å². The average Bonchev–Trinajstić information content (AvgIpc) is 2.47. The van der Waals surface area contributed by atoms with Crippen molar-refractivity contribution in [1.82, 2.24) is 0 Å². The zero-order valence-corrected chi connectivity index (χ0v) is 14.0. The maximum atomic E-state index is 5.42. The van der Waals surface area contributed by atoms with E-state index in [-0.39, 0.29) is 0 Å². The second-order valence-corrected chi connectivity index (χ2v) is 5.48. The second-order valence-electron chi connectivity index (χ2n) is 5.48. The third-order valence-electron chi connectivity index (χ3n) is 3.37. The summed E-state index contributed by atoms with van der Waals surface area (Å²) in [6.07, 6.45) is 21.2. The van der Waals surface area contributed by atoms with Crippen LogP contribution in [0.4, 0.5) is 0 Å². The monoisotopic (exact) mass is 281 g/mol. The van der Waals surface area contributed by atoms with E-state index >= 15 is 0 Å². The number of hydrogen-bond acceptors (Lipinski definition) is 1. The van der Waals surface area contributed by atoms with Gasteiger partial charge in [-0.1, -0.05) is 76.9 Å². The highest BCUT2D eigenvalue weighted by Gasteiger charge is 1.91. The Hall–Kier alpha value is -0.560. The lowest BCUT2D eigenvalue weighted by molar-refractivity contribution is 0.558. The molecule has 0 aromatic heterocycles. The molecule has 0 aliphatic heterocycles. The van der Waals surface area contributed by atoms with Gasteiger partial charge < -0.3 is 5.73 Å². The quantitative estimate of drug-likeness (QED) is 0.289. The molecular weight excluding hydrogens is 242 g/mol. The molecule has 0 aromatic carbocycles. The van der Waals surface area contributed by atoms with Crippen LogP contribution in [0.1, 0.15) is 90.4 Å². The Morgan fingerprint density at radius 1 is 0.650 bits per heavy atom. The van der Waals surface area contributed by atoms with Crippen LogP contribution in [-0.2, 0) is 0 Å². The van der Waals surface area contributed by atoms with Gasteiger partial charge in [-0.25, -0.2) is 0 Å². The van der Waals surface area contributed by atoms with Gasteiger partial charge in [-0.15, -0.1) is 13.2 Å². The fourth-order valence-electron chi connectivity index (χ4n) is 2.04. The van der Waals surface area contributed by atoms with Crippen molar-refractivity contribution < 1.29 is 0 Å². The van der Waals surface area contributed by atoms with E-state index in [1.807, 2.05) is 12.2 Å². The molecule has 0 saturated carbocycles. The molecule has 0 heterocycles. The maximum Gasteiger partial charge on any atom is -0.00773 e. The molecule has 0 saturated heterocycles. The van der Waals surface area contributed by atoms with E-state index in [0.717, 1.165) is 19.4 Å². The predicted molar refractivity (Wildman–Crippen MR) is 95.1 cm³/mol. The summed E-state index contributed by atoms with van der Waals surface area (Å²) in [5, 5.41) is 0. The van der Waals surface area contributed by atoms with Crippen molar-refractivity contribution in [2.45, 2.75) is 90.4 Å². The lowest BCUT2D eigenvalue weighted by atomic mass is 10.1. The minimum Gasteiger partial charge on any atom is -0.330 e. The Balaban J connectivity index is 0. The first-order chi connectivity index (χ1) is 9.83. The van der Waals surface area contributed by atoms with Gasteiger partial charge in [0.1, 0.15) is 0 Å². The van der Waals surface area contributed by atoms with Crippen molar-refractivity contribution >= 4 is 0 Å². The lowest BCUT2D eigenvalue weighted by Gasteiger charge is -2.00. The molecule has 0 spiro atoms. The highest BCUT2D eigenvalue weighted by atomic mass is 14.5. The SMILES string of the molecule is C=CCCCC=C.CCCCCCCCCCCCN. The Labute approximate surface area is 128 Å². The predicted octanol–water partition coefficient (Wildman–Crippen LogP) is 6.39. The zero-order valence-electron chi connectivity index (χ0n) is 14.0. The molecule has 1 heteroatoms. The fourth-order valence-corrected chi connectivity index (χ4v) is 2.04. The summed E-state index contributed by atoms with van der Waals surface area (Å²) < 4.78 is 0. The molecule has 0 unspecified atom stereocenters. The number of allylic oxidation sites excluding steroid dienone is 2. The summed E-state index contributed by atoms with van der Waals surface area (Å²) in [5.74, 6) is 0. The number of unbranched alkanes of at least 4 members (excludes halogenated alkanes) is 11. The minimum atomic E-state index is 0.872. The molecule has 0 radical (unpaired) electrons. The Morgan fingerprint density at radius 2 is 1.05 bits per heavy atom. The van der Waals surface area contributed by atoms with Crippen molar-refractivity contribution in [2.75, 3.05) is 6.54 Å². The first-order valence-electron chi connectivity index (χ1n) is 8.75. The van der Waals surface area contributed by atoms with Crippen LogP contribution in [0.25, 0.3) is 0 Å². The fraction of sp³-hybridized carbons (Fsp3) is 0.789. The van der Waals surface area contributed by atoms with Crippen LogP contribution in [0.2, 0.25) is 0 Å². The van der Waals surface area contributed by atoms with Crippen LogP contribution >= 0.6 is 0 Å². The van der Waals surface area contributed by atoms with Crippen LogP contribution in [0, 0.1) is 0 Å². The number of rotatable bonds is 14. The van der Waals surface area contributed by atoms with Gasteiger partial charge in [0.05, 0.1) is 0 Å². The molecule has 0 rings (SSSR count). The molecule has 0 bridgehead atoms. The van der Waals surface area contributed by atoms with E-state index in [2.05, 4.69) is 20.1 Å². The summed E-state index contributed by atoms with van der Waals surface area (Å²) in [7, 11) is 0. The summed E-state index contributed by atoms with van der Waals surface area (Å²) in [6.45, 7) is 10.3. The van der Waals surface area contributed by atoms with Crippen LogP contribution < -0.4 is 5.73 Å². The maximum absolute atomic E-state index is 5.42. The standard InChI is InChI=1S/C12H27N.C7H12/c1-2-3-4-5-6-7-8-9-10-11-12-13;1-3-5-7-6-4-2/h2-13H2,1H3;3-4H,1-2,5-7H2. The zero-order chi connectivity index (χ0) is 15.3. The first-order valence-corrected chi connectivity index (χ1v) is 8.75. The van der Waals surface area contributed by atoms with Gasteiger partial charge >= 0.3 is 0 Å². The molecule has 0 aliphatic carbocycles. The molecule has 0 aromatic rings. The van der Waals surface area contributed by atoms with Gasteiger partial charge in [-0.2, -0.15) is 0 Å². The van der Waals surface area contributed by atoms with Crippen molar-refractivity contribution in [1.29, 1.82) is 0 Å². The largest absolute Gasteiger partial charge is 0.330 e. The molecule has 0 aliphatic rings. The average molecular weight is 282 g/mol. The van der Waals surface area contributed by atoms with E-state index in [1.165, 1.54) is 70.6 Å². The Bertz CT molecular complexity index is 157. The topological polar surface area (TPSA) is 26.0 Å². The van der Waals surface area contributed by atoms with E-state index in [4.69, 9.17) is 5.73 Å². The van der Waals surface area contributed by atoms with Gasteiger partial charge in [-0.3, -0.25) is 0 Å². The lowest BCUT2D eigenvalue weighted by Crippen LogP contribution is -1.97. The number of hydrogen-bond donors (Lipinski definition) is 1. The van der Waals surface area contributed by atoms with Gasteiger partial charge in [0.2, 0.25) is 0 Å². The highest BCUT2D eigenvalue weighted by molar-refractivity contribution is 4.71. The van der Waals surface area contributed by atoms with Crippen LogP contribution in [0.3, 0.4) is 0 Å². The second kappa shape index (κ2) is 23.5. The van der Waals surface area contributed by atoms with Crippen molar-refractivity contribution in [3.8, 4) is 0 Å². The molecular formula is C19H39N. The van der Waals surface area contributed by atoms with E-state index in [1.54, 1.807) is 0 Å². The van der Waals surface area contributed by atoms with Gasteiger partial charge in [0.25, 0.3) is 0 Å². The van der Waals surface area contributed by atoms with Crippen molar-refractivity contribution in [3.05, 3.63) is 25.3 Å². The molecule has 120 valence electrons. The summed E-state index contributed by atoms with van der Waals surface area (Å²) in [4.78, 5) is 0. The van der Waals surface area contributed by atoms with Crippen LogP contribution in [-0.4, -0.2) is 6.54 Å². The van der Waals surface area contributed by atoms with E-state index in [9.17, 15) is 0 Å². The molecule has 20 heavy (non-hydrogen) atoms.